The highest BCUT2D eigenvalue weighted by molar-refractivity contribution is 14.1. The summed E-state index contributed by atoms with van der Waals surface area (Å²) in [6.07, 6.45) is 2.31. The number of allylic oxidation sites excluding steroid dienone is 4. The number of Topliss-reactive ketones (excluding diaryl/α,β-unsaturated/α-hetero) is 2. The van der Waals surface area contributed by atoms with Gasteiger partial charge in [-0.2, -0.15) is 0 Å². The fourth-order valence-electron chi connectivity index (χ4n) is 7.39. The lowest BCUT2D eigenvalue weighted by molar-refractivity contribution is -0.119. The van der Waals surface area contributed by atoms with Gasteiger partial charge in [0.25, 0.3) is 0 Å². The van der Waals surface area contributed by atoms with E-state index in [4.69, 9.17) is 9.47 Å². The van der Waals surface area contributed by atoms with E-state index < -0.39 is 11.9 Å². The van der Waals surface area contributed by atoms with Crippen molar-refractivity contribution in [1.82, 2.24) is 4.90 Å². The number of carboxylic acid groups (broad SMARTS) is 1. The molecule has 0 fully saturated rings. The predicted molar refractivity (Wildman–Crippen MR) is 193 cm³/mol. The number of carboxylic acids is 1. The van der Waals surface area contributed by atoms with E-state index in [1.54, 1.807) is 24.3 Å². The van der Waals surface area contributed by atoms with Crippen LogP contribution in [0.15, 0.2) is 89.3 Å². The molecule has 1 aliphatic heterocycles. The van der Waals surface area contributed by atoms with Crippen LogP contribution in [0.25, 0.3) is 0 Å². The smallest absolute Gasteiger partial charge is 0.335 e. The summed E-state index contributed by atoms with van der Waals surface area (Å²) >= 11 is 2.25. The fourth-order valence-corrected chi connectivity index (χ4v) is 8.18. The van der Waals surface area contributed by atoms with Gasteiger partial charge < -0.3 is 19.5 Å². The number of rotatable bonds is 9. The minimum atomic E-state index is -0.978. The van der Waals surface area contributed by atoms with Gasteiger partial charge >= 0.3 is 5.97 Å². The molecule has 0 radical (unpaired) electrons. The van der Waals surface area contributed by atoms with Gasteiger partial charge in [0.2, 0.25) is 0 Å². The van der Waals surface area contributed by atoms with Crippen LogP contribution in [0.5, 0.6) is 11.5 Å². The number of hydrogen-bond acceptors (Lipinski definition) is 6. The number of ether oxygens (including phenoxy) is 2. The predicted octanol–water partition coefficient (Wildman–Crippen LogP) is 8.85. The SMILES string of the molecule is CCOc1cc(C2C3=C(CC(C)(C)CC3=O)N(Cc3ccccc3)C3=C2C(=O)CC(C)(C)C3)cc(I)c1OCc1ccc(C(=O)O)cc1. The summed E-state index contributed by atoms with van der Waals surface area (Å²) in [5.41, 5.74) is 6.08. The third kappa shape index (κ3) is 6.81. The molecule has 0 spiro atoms. The Balaban J connectivity index is 1.48. The van der Waals surface area contributed by atoms with E-state index >= 15 is 0 Å². The first-order chi connectivity index (χ1) is 22.8. The number of carbonyl (C=O) groups is 3. The molecule has 2 aliphatic carbocycles. The standard InChI is InChI=1S/C40H42INO6/c1-6-47-33-17-27(16-28(41)37(33)48-23-25-12-14-26(15-13-25)38(45)46)34-35-29(18-39(2,3)20-31(35)43)42(22-24-10-8-7-9-11-24)30-19-40(4,5)21-32(44)36(30)34/h7-17,34H,6,18-23H2,1-5H3,(H,45,46). The molecule has 6 rings (SSSR count). The van der Waals surface area contributed by atoms with Crippen LogP contribution in [0.4, 0.5) is 0 Å². The maximum Gasteiger partial charge on any atom is 0.335 e. The minimum absolute atomic E-state index is 0.0894. The lowest BCUT2D eigenvalue weighted by Crippen LogP contribution is -2.44. The van der Waals surface area contributed by atoms with Crippen LogP contribution < -0.4 is 9.47 Å². The molecule has 250 valence electrons. The molecular weight excluding hydrogens is 717 g/mol. The second-order valence-electron chi connectivity index (χ2n) is 14.7. The van der Waals surface area contributed by atoms with Crippen molar-refractivity contribution in [2.75, 3.05) is 6.61 Å². The summed E-state index contributed by atoms with van der Waals surface area (Å²) in [7, 11) is 0. The largest absolute Gasteiger partial charge is 0.490 e. The average molecular weight is 760 g/mol. The Morgan fingerprint density at radius 2 is 1.42 bits per heavy atom. The Labute approximate surface area is 296 Å². The molecule has 0 saturated heterocycles. The number of nitrogens with zero attached hydrogens (tertiary/aromatic N) is 1. The summed E-state index contributed by atoms with van der Waals surface area (Å²) in [5, 5.41) is 9.26. The van der Waals surface area contributed by atoms with Crippen LogP contribution in [-0.2, 0) is 22.7 Å². The molecule has 7 nitrogen and oxygen atoms in total. The summed E-state index contributed by atoms with van der Waals surface area (Å²) < 4.78 is 13.3. The van der Waals surface area contributed by atoms with Crippen molar-refractivity contribution >= 4 is 40.1 Å². The van der Waals surface area contributed by atoms with Gasteiger partial charge in [-0.3, -0.25) is 9.59 Å². The Morgan fingerprint density at radius 3 is 1.96 bits per heavy atom. The first kappa shape index (κ1) is 34.0. The summed E-state index contributed by atoms with van der Waals surface area (Å²) in [6.45, 7) is 11.8. The highest BCUT2D eigenvalue weighted by atomic mass is 127. The lowest BCUT2D eigenvalue weighted by Gasteiger charge is -2.49. The quantitative estimate of drug-likeness (QED) is 0.218. The van der Waals surface area contributed by atoms with Crippen LogP contribution in [-0.4, -0.2) is 34.1 Å². The van der Waals surface area contributed by atoms with Crippen LogP contribution in [0.2, 0.25) is 0 Å². The maximum absolute atomic E-state index is 14.3. The van der Waals surface area contributed by atoms with Crippen molar-refractivity contribution in [2.24, 2.45) is 10.8 Å². The first-order valence-electron chi connectivity index (χ1n) is 16.5. The molecule has 0 atom stereocenters. The van der Waals surface area contributed by atoms with Crippen LogP contribution >= 0.6 is 22.6 Å². The molecule has 1 N–H and O–H groups in total. The van der Waals surface area contributed by atoms with E-state index in [-0.39, 0.29) is 34.6 Å². The molecule has 0 unspecified atom stereocenters. The van der Waals surface area contributed by atoms with Crippen molar-refractivity contribution in [3.63, 3.8) is 0 Å². The molecule has 8 heteroatoms. The van der Waals surface area contributed by atoms with Gasteiger partial charge in [0.05, 0.1) is 15.7 Å². The number of hydrogen-bond donors (Lipinski definition) is 1. The van der Waals surface area contributed by atoms with Gasteiger partial charge in [0.1, 0.15) is 6.61 Å². The molecule has 48 heavy (non-hydrogen) atoms. The number of aromatic carboxylic acids is 1. The maximum atomic E-state index is 14.3. The fraction of sp³-hybridized carbons (Fsp3) is 0.375. The van der Waals surface area contributed by atoms with E-state index in [0.717, 1.165) is 55.6 Å². The molecule has 3 aliphatic rings. The van der Waals surface area contributed by atoms with Gasteiger partial charge in [-0.15, -0.1) is 0 Å². The Bertz CT molecular complexity index is 1780. The average Bonchev–Trinajstić information content (AvgIpc) is 3.01. The van der Waals surface area contributed by atoms with E-state index in [1.165, 1.54) is 0 Å². The molecular formula is C40H42INO6. The summed E-state index contributed by atoms with van der Waals surface area (Å²) in [5.74, 6) is -0.183. The number of ketones is 2. The number of carbonyl (C=O) groups excluding carboxylic acids is 2. The molecule has 0 saturated carbocycles. The Hall–Kier alpha value is -3.92. The normalized spacial score (nSPS) is 18.8. The van der Waals surface area contributed by atoms with Gasteiger partial charge in [-0.1, -0.05) is 70.2 Å². The van der Waals surface area contributed by atoms with Crippen molar-refractivity contribution in [2.45, 2.75) is 79.4 Å². The zero-order valence-corrected chi connectivity index (χ0v) is 30.3. The highest BCUT2D eigenvalue weighted by Crippen LogP contribution is 2.55. The molecule has 1 heterocycles. The van der Waals surface area contributed by atoms with Crippen LogP contribution in [0, 0.1) is 14.4 Å². The third-order valence-corrected chi connectivity index (χ3v) is 10.3. The Kier molecular flexibility index (Phi) is 9.32. The highest BCUT2D eigenvalue weighted by Gasteiger charge is 2.49. The van der Waals surface area contributed by atoms with Crippen LogP contribution in [0.3, 0.4) is 0 Å². The zero-order chi connectivity index (χ0) is 34.4. The second-order valence-corrected chi connectivity index (χ2v) is 15.8. The molecule has 0 amide bonds. The van der Waals surface area contributed by atoms with Gasteiger partial charge in [-0.05, 0) is 94.1 Å². The Morgan fingerprint density at radius 1 is 0.833 bits per heavy atom. The summed E-state index contributed by atoms with van der Waals surface area (Å²) in [6, 6.07) is 20.8. The number of halogens is 1. The topological polar surface area (TPSA) is 93.1 Å². The number of benzene rings is 3. The second kappa shape index (κ2) is 13.2. The van der Waals surface area contributed by atoms with Crippen molar-refractivity contribution in [3.05, 3.63) is 115 Å². The van der Waals surface area contributed by atoms with Crippen molar-refractivity contribution < 1.29 is 29.0 Å². The van der Waals surface area contributed by atoms with E-state index in [2.05, 4.69) is 67.3 Å². The van der Waals surface area contributed by atoms with Gasteiger partial charge in [0, 0.05) is 47.8 Å². The zero-order valence-electron chi connectivity index (χ0n) is 28.2. The third-order valence-electron chi connectivity index (χ3n) is 9.45. The van der Waals surface area contributed by atoms with E-state index in [9.17, 15) is 19.5 Å². The lowest BCUT2D eigenvalue weighted by atomic mass is 9.63. The van der Waals surface area contributed by atoms with E-state index in [1.807, 2.05) is 37.3 Å². The van der Waals surface area contributed by atoms with Crippen LogP contribution in [0.1, 0.15) is 93.3 Å². The molecule has 3 aromatic rings. The summed E-state index contributed by atoms with van der Waals surface area (Å²) in [4.78, 5) is 42.2. The van der Waals surface area contributed by atoms with Gasteiger partial charge in [-0.25, -0.2) is 4.79 Å². The molecule has 0 bridgehead atoms. The van der Waals surface area contributed by atoms with E-state index in [0.29, 0.717) is 37.5 Å². The molecule has 3 aromatic carbocycles. The monoisotopic (exact) mass is 759 g/mol. The van der Waals surface area contributed by atoms with Gasteiger partial charge in [0.15, 0.2) is 23.1 Å². The van der Waals surface area contributed by atoms with Crippen molar-refractivity contribution in [3.8, 4) is 11.5 Å². The minimum Gasteiger partial charge on any atom is -0.490 e. The first-order valence-corrected chi connectivity index (χ1v) is 17.6. The molecule has 0 aromatic heterocycles. The van der Waals surface area contributed by atoms with Crippen molar-refractivity contribution in [1.29, 1.82) is 0 Å².